The van der Waals surface area contributed by atoms with Gasteiger partial charge >= 0.3 is 0 Å². The van der Waals surface area contributed by atoms with Gasteiger partial charge in [-0.2, -0.15) is 0 Å². The van der Waals surface area contributed by atoms with E-state index in [4.69, 9.17) is 16.3 Å². The van der Waals surface area contributed by atoms with Gasteiger partial charge < -0.3 is 15.0 Å². The number of hydrogen-bond acceptors (Lipinski definition) is 5. The summed E-state index contributed by atoms with van der Waals surface area (Å²) in [5, 5.41) is 13.5. The molecule has 0 radical (unpaired) electrons. The zero-order chi connectivity index (χ0) is 17.7. The lowest BCUT2D eigenvalue weighted by molar-refractivity contribution is -0.884. The number of nitrogens with one attached hydrogen (secondary N) is 2. The molecule has 0 bridgehead atoms. The van der Waals surface area contributed by atoms with Crippen LogP contribution >= 0.6 is 22.9 Å². The second-order valence-electron chi connectivity index (χ2n) is 5.21. The Balaban J connectivity index is 2.00. The first-order valence-electron chi connectivity index (χ1n) is 7.07. The summed E-state index contributed by atoms with van der Waals surface area (Å²) < 4.78 is 5.84. The van der Waals surface area contributed by atoms with Crippen LogP contribution in [0.25, 0.3) is 0 Å². The molecule has 0 spiro atoms. The number of ether oxygens (including phenoxy) is 1. The molecule has 0 aliphatic heterocycles. The van der Waals surface area contributed by atoms with Crippen LogP contribution < -0.4 is 15.0 Å². The highest BCUT2D eigenvalue weighted by atomic mass is 35.5. The quantitative estimate of drug-likeness (QED) is 0.576. The Morgan fingerprint density at radius 2 is 2.17 bits per heavy atom. The summed E-state index contributed by atoms with van der Waals surface area (Å²) in [7, 11) is 3.33. The van der Waals surface area contributed by atoms with Gasteiger partial charge in [0.2, 0.25) is 0 Å². The van der Waals surface area contributed by atoms with Gasteiger partial charge in [0.15, 0.2) is 6.54 Å². The largest absolute Gasteiger partial charge is 0.495 e. The van der Waals surface area contributed by atoms with Crippen molar-refractivity contribution in [3.8, 4) is 5.75 Å². The van der Waals surface area contributed by atoms with E-state index in [0.29, 0.717) is 16.6 Å². The molecule has 0 fully saturated rings. The number of anilines is 1. The number of methoxy groups -OCH3 is 1. The minimum absolute atomic E-state index is 0.111. The monoisotopic (exact) mass is 370 g/mol. The number of amides is 1. The highest BCUT2D eigenvalue weighted by molar-refractivity contribution is 7.16. The van der Waals surface area contributed by atoms with E-state index in [-0.39, 0.29) is 23.8 Å². The molecule has 2 rings (SSSR count). The van der Waals surface area contributed by atoms with Crippen molar-refractivity contribution in [1.29, 1.82) is 0 Å². The maximum Gasteiger partial charge on any atom is 0.279 e. The zero-order valence-electron chi connectivity index (χ0n) is 13.2. The standard InChI is InChI=1S/C15H16ClN3O4S/c1-18(8-11-4-6-14(16)24-11)9-15(20)17-12-7-10(19(21)22)3-5-13(12)23-2/h3-7H,8-9H2,1-2H3,(H,17,20)/p+1. The van der Waals surface area contributed by atoms with Gasteiger partial charge in [-0.3, -0.25) is 14.9 Å². The van der Waals surface area contributed by atoms with Crippen molar-refractivity contribution in [3.05, 3.63) is 49.7 Å². The number of thiophene rings is 1. The first-order valence-corrected chi connectivity index (χ1v) is 8.26. The summed E-state index contributed by atoms with van der Waals surface area (Å²) in [4.78, 5) is 24.6. The number of rotatable bonds is 7. The fourth-order valence-corrected chi connectivity index (χ4v) is 3.38. The first-order chi connectivity index (χ1) is 11.4. The molecule has 24 heavy (non-hydrogen) atoms. The number of quaternary nitrogens is 1. The van der Waals surface area contributed by atoms with Gasteiger partial charge in [-0.25, -0.2) is 0 Å². The van der Waals surface area contributed by atoms with Crippen molar-refractivity contribution < 1.29 is 19.4 Å². The van der Waals surface area contributed by atoms with Crippen LogP contribution in [0.5, 0.6) is 5.75 Å². The minimum Gasteiger partial charge on any atom is -0.495 e. The average molecular weight is 371 g/mol. The highest BCUT2D eigenvalue weighted by Crippen LogP contribution is 2.28. The van der Waals surface area contributed by atoms with Crippen molar-refractivity contribution in [2.45, 2.75) is 6.54 Å². The van der Waals surface area contributed by atoms with Crippen LogP contribution in [0.15, 0.2) is 30.3 Å². The number of nitro benzene ring substituents is 1. The molecule has 2 N–H and O–H groups in total. The predicted molar refractivity (Wildman–Crippen MR) is 93.1 cm³/mol. The summed E-state index contributed by atoms with van der Waals surface area (Å²) in [5.74, 6) is 0.116. The van der Waals surface area contributed by atoms with E-state index in [9.17, 15) is 14.9 Å². The molecule has 7 nitrogen and oxygen atoms in total. The van der Waals surface area contributed by atoms with E-state index >= 15 is 0 Å². The number of carbonyl (C=O) groups is 1. The van der Waals surface area contributed by atoms with Gasteiger partial charge in [-0.05, 0) is 18.2 Å². The molecule has 1 aromatic heterocycles. The molecule has 0 saturated carbocycles. The van der Waals surface area contributed by atoms with Gasteiger partial charge in [0.25, 0.3) is 11.6 Å². The van der Waals surface area contributed by atoms with E-state index in [1.54, 1.807) is 0 Å². The summed E-state index contributed by atoms with van der Waals surface area (Å²) >= 11 is 7.37. The molecule has 0 aliphatic rings. The van der Waals surface area contributed by atoms with Crippen molar-refractivity contribution >= 4 is 40.2 Å². The van der Waals surface area contributed by atoms with E-state index in [0.717, 1.165) is 9.78 Å². The topological polar surface area (TPSA) is 85.9 Å². The Kier molecular flexibility index (Phi) is 6.13. The maximum absolute atomic E-state index is 12.2. The molecule has 1 unspecified atom stereocenters. The van der Waals surface area contributed by atoms with Gasteiger partial charge in [0, 0.05) is 12.1 Å². The summed E-state index contributed by atoms with van der Waals surface area (Å²) in [6, 6.07) is 7.82. The Morgan fingerprint density at radius 3 is 2.75 bits per heavy atom. The molecular formula is C15H17ClN3O4S+. The van der Waals surface area contributed by atoms with E-state index in [2.05, 4.69) is 5.32 Å². The van der Waals surface area contributed by atoms with Crippen molar-refractivity contribution in [1.82, 2.24) is 0 Å². The number of non-ortho nitro benzene ring substituents is 1. The number of likely N-dealkylation sites (N-methyl/N-ethyl adjacent to an activating group) is 1. The van der Waals surface area contributed by atoms with E-state index in [1.807, 2.05) is 19.2 Å². The second kappa shape index (κ2) is 8.09. The van der Waals surface area contributed by atoms with Crippen molar-refractivity contribution in [3.63, 3.8) is 0 Å². The second-order valence-corrected chi connectivity index (χ2v) is 7.01. The Bertz CT molecular complexity index is 750. The lowest BCUT2D eigenvalue weighted by Gasteiger charge is -2.14. The molecule has 128 valence electrons. The molecule has 1 aromatic carbocycles. The number of nitrogens with zero attached hydrogens (tertiary/aromatic N) is 1. The molecule has 1 heterocycles. The number of carbonyl (C=O) groups excluding carboxylic acids is 1. The first kappa shape index (κ1) is 18.2. The van der Waals surface area contributed by atoms with E-state index < -0.39 is 4.92 Å². The van der Waals surface area contributed by atoms with Crippen molar-refractivity contribution in [2.24, 2.45) is 0 Å². The van der Waals surface area contributed by atoms with Crippen LogP contribution in [-0.4, -0.2) is 31.5 Å². The van der Waals surface area contributed by atoms with Crippen LogP contribution in [0.3, 0.4) is 0 Å². The third kappa shape index (κ3) is 4.92. The van der Waals surface area contributed by atoms with Gasteiger partial charge in [-0.15, -0.1) is 11.3 Å². The third-order valence-electron chi connectivity index (χ3n) is 3.24. The number of nitro groups is 1. The predicted octanol–water partition coefficient (Wildman–Crippen LogP) is 1.97. The molecule has 9 heteroatoms. The molecule has 2 aromatic rings. The fraction of sp³-hybridized carbons (Fsp3) is 0.267. The Labute approximate surface area is 147 Å². The Hall–Kier alpha value is -2.16. The lowest BCUT2D eigenvalue weighted by Crippen LogP contribution is -3.08. The molecule has 1 amide bonds. The normalized spacial score (nSPS) is 11.8. The van der Waals surface area contributed by atoms with Crippen LogP contribution in [-0.2, 0) is 11.3 Å². The molecule has 0 aliphatic carbocycles. The molecular weight excluding hydrogens is 354 g/mol. The number of hydrogen-bond donors (Lipinski definition) is 2. The summed E-state index contributed by atoms with van der Waals surface area (Å²) in [5.41, 5.74) is 0.170. The lowest BCUT2D eigenvalue weighted by atomic mass is 10.2. The van der Waals surface area contributed by atoms with Gasteiger partial charge in [0.1, 0.15) is 12.3 Å². The highest BCUT2D eigenvalue weighted by Gasteiger charge is 2.16. The fourth-order valence-electron chi connectivity index (χ4n) is 2.18. The van der Waals surface area contributed by atoms with Crippen LogP contribution in [0, 0.1) is 10.1 Å². The van der Waals surface area contributed by atoms with Crippen LogP contribution in [0.4, 0.5) is 11.4 Å². The summed E-state index contributed by atoms with van der Waals surface area (Å²) in [6.07, 6.45) is 0. The molecule has 1 atom stereocenters. The number of benzene rings is 1. The Morgan fingerprint density at radius 1 is 1.42 bits per heavy atom. The number of halogens is 1. The zero-order valence-corrected chi connectivity index (χ0v) is 14.7. The smallest absolute Gasteiger partial charge is 0.279 e. The molecule has 0 saturated heterocycles. The minimum atomic E-state index is -0.521. The maximum atomic E-state index is 12.2. The van der Waals surface area contributed by atoms with Gasteiger partial charge in [0.05, 0.1) is 34.0 Å². The SMILES string of the molecule is COc1ccc([N+](=O)[O-])cc1NC(=O)C[NH+](C)Cc1ccc(Cl)s1. The van der Waals surface area contributed by atoms with Crippen LogP contribution in [0.2, 0.25) is 4.34 Å². The van der Waals surface area contributed by atoms with Crippen molar-refractivity contribution in [2.75, 3.05) is 26.0 Å². The summed E-state index contributed by atoms with van der Waals surface area (Å²) in [6.45, 7) is 0.873. The van der Waals surface area contributed by atoms with Gasteiger partial charge in [-0.1, -0.05) is 11.6 Å². The van der Waals surface area contributed by atoms with Crippen LogP contribution in [0.1, 0.15) is 4.88 Å². The van der Waals surface area contributed by atoms with E-state index in [1.165, 1.54) is 36.6 Å². The average Bonchev–Trinajstić information content (AvgIpc) is 2.91. The third-order valence-corrected chi connectivity index (χ3v) is 4.47.